The first-order valence-electron chi connectivity index (χ1n) is 10.1. The van der Waals surface area contributed by atoms with Crippen molar-refractivity contribution in [2.75, 3.05) is 65.6 Å². The van der Waals surface area contributed by atoms with Crippen molar-refractivity contribution in [2.45, 2.75) is 47.1 Å². The van der Waals surface area contributed by atoms with Crippen molar-refractivity contribution >= 4 is 5.96 Å². The molecule has 1 aliphatic heterocycles. The van der Waals surface area contributed by atoms with Gasteiger partial charge in [0, 0.05) is 51.9 Å². The average molecular weight is 356 g/mol. The number of hydrogen-bond acceptors (Lipinski definition) is 4. The van der Waals surface area contributed by atoms with E-state index in [1.165, 1.54) is 13.1 Å². The highest BCUT2D eigenvalue weighted by Crippen LogP contribution is 2.06. The molecule has 1 atom stereocenters. The standard InChI is InChI=1S/C19H41N5O/c1-6-20-19(21-9-15-25-14-8-17(3)4)22-16-18(5)24-12-10-23(7-2)11-13-24/h17-18H,6-16H2,1-5H3,(H2,20,21,22). The van der Waals surface area contributed by atoms with Gasteiger partial charge in [0.15, 0.2) is 5.96 Å². The number of nitrogens with zero attached hydrogens (tertiary/aromatic N) is 3. The second kappa shape index (κ2) is 13.4. The van der Waals surface area contributed by atoms with Gasteiger partial charge in [-0.2, -0.15) is 0 Å². The molecule has 0 amide bonds. The minimum atomic E-state index is 0.483. The van der Waals surface area contributed by atoms with Gasteiger partial charge < -0.3 is 20.3 Å². The van der Waals surface area contributed by atoms with Crippen LogP contribution in [0.15, 0.2) is 4.99 Å². The first kappa shape index (κ1) is 22.2. The number of rotatable bonds is 11. The van der Waals surface area contributed by atoms with Gasteiger partial charge in [0.25, 0.3) is 0 Å². The second-order valence-corrected chi connectivity index (χ2v) is 7.26. The SMILES string of the molecule is CCNC(=NCC(C)N1CCN(CC)CC1)NCCOCCC(C)C. The Morgan fingerprint density at radius 3 is 2.36 bits per heavy atom. The van der Waals surface area contributed by atoms with Crippen molar-refractivity contribution in [3.05, 3.63) is 0 Å². The lowest BCUT2D eigenvalue weighted by atomic mass is 10.1. The van der Waals surface area contributed by atoms with Crippen LogP contribution in [0.3, 0.4) is 0 Å². The van der Waals surface area contributed by atoms with E-state index in [2.05, 4.69) is 55.1 Å². The summed E-state index contributed by atoms with van der Waals surface area (Å²) in [6, 6.07) is 0.483. The molecule has 1 saturated heterocycles. The van der Waals surface area contributed by atoms with E-state index >= 15 is 0 Å². The predicted octanol–water partition coefficient (Wildman–Crippen LogP) is 1.63. The van der Waals surface area contributed by atoms with Crippen LogP contribution in [0.5, 0.6) is 0 Å². The molecule has 0 radical (unpaired) electrons. The third kappa shape index (κ3) is 10.0. The van der Waals surface area contributed by atoms with Gasteiger partial charge in [0.05, 0.1) is 13.2 Å². The highest BCUT2D eigenvalue weighted by Gasteiger charge is 2.19. The fourth-order valence-electron chi connectivity index (χ4n) is 2.86. The van der Waals surface area contributed by atoms with Crippen LogP contribution < -0.4 is 10.6 Å². The number of guanidine groups is 1. The first-order chi connectivity index (χ1) is 12.1. The van der Waals surface area contributed by atoms with Crippen molar-refractivity contribution in [2.24, 2.45) is 10.9 Å². The first-order valence-corrected chi connectivity index (χ1v) is 10.1. The van der Waals surface area contributed by atoms with Gasteiger partial charge in [-0.1, -0.05) is 20.8 Å². The Bertz CT molecular complexity index is 354. The summed E-state index contributed by atoms with van der Waals surface area (Å²) >= 11 is 0. The van der Waals surface area contributed by atoms with Crippen LogP contribution in [0.1, 0.15) is 41.0 Å². The van der Waals surface area contributed by atoms with E-state index in [9.17, 15) is 0 Å². The molecular formula is C19H41N5O. The van der Waals surface area contributed by atoms with Crippen LogP contribution in [0.2, 0.25) is 0 Å². The molecule has 25 heavy (non-hydrogen) atoms. The van der Waals surface area contributed by atoms with Crippen molar-refractivity contribution in [1.82, 2.24) is 20.4 Å². The van der Waals surface area contributed by atoms with E-state index in [0.717, 1.165) is 64.9 Å². The van der Waals surface area contributed by atoms with Crippen LogP contribution in [0.25, 0.3) is 0 Å². The number of aliphatic imine (C=N–C) groups is 1. The molecule has 6 heteroatoms. The highest BCUT2D eigenvalue weighted by atomic mass is 16.5. The molecule has 1 heterocycles. The van der Waals surface area contributed by atoms with Crippen LogP contribution in [-0.2, 0) is 4.74 Å². The molecule has 1 unspecified atom stereocenters. The summed E-state index contributed by atoms with van der Waals surface area (Å²) < 4.78 is 5.66. The molecule has 0 saturated carbocycles. The number of piperazine rings is 1. The van der Waals surface area contributed by atoms with Gasteiger partial charge in [0.1, 0.15) is 0 Å². The van der Waals surface area contributed by atoms with E-state index < -0.39 is 0 Å². The zero-order valence-corrected chi connectivity index (χ0v) is 17.2. The summed E-state index contributed by atoms with van der Waals surface area (Å²) in [7, 11) is 0. The monoisotopic (exact) mass is 355 g/mol. The number of hydrogen-bond donors (Lipinski definition) is 2. The fourth-order valence-corrected chi connectivity index (χ4v) is 2.86. The fraction of sp³-hybridized carbons (Fsp3) is 0.947. The maximum atomic E-state index is 5.66. The average Bonchev–Trinajstić information content (AvgIpc) is 2.62. The highest BCUT2D eigenvalue weighted by molar-refractivity contribution is 5.79. The van der Waals surface area contributed by atoms with Gasteiger partial charge in [-0.05, 0) is 32.7 Å². The van der Waals surface area contributed by atoms with Crippen molar-refractivity contribution in [3.8, 4) is 0 Å². The number of ether oxygens (including phenoxy) is 1. The molecule has 0 aromatic rings. The summed E-state index contributed by atoms with van der Waals surface area (Å²) in [5.41, 5.74) is 0. The lowest BCUT2D eigenvalue weighted by Gasteiger charge is -2.37. The molecule has 0 aliphatic carbocycles. The maximum absolute atomic E-state index is 5.66. The van der Waals surface area contributed by atoms with Gasteiger partial charge in [-0.3, -0.25) is 9.89 Å². The third-order valence-electron chi connectivity index (χ3n) is 4.71. The Morgan fingerprint density at radius 1 is 1.04 bits per heavy atom. The van der Waals surface area contributed by atoms with Crippen LogP contribution in [0, 0.1) is 5.92 Å². The van der Waals surface area contributed by atoms with Gasteiger partial charge in [-0.25, -0.2) is 0 Å². The Hall–Kier alpha value is -0.850. The molecule has 0 aromatic carbocycles. The number of nitrogens with one attached hydrogen (secondary N) is 2. The largest absolute Gasteiger partial charge is 0.380 e. The molecule has 0 spiro atoms. The van der Waals surface area contributed by atoms with Crippen LogP contribution >= 0.6 is 0 Å². The zero-order chi connectivity index (χ0) is 18.5. The number of likely N-dealkylation sites (N-methyl/N-ethyl adjacent to an activating group) is 1. The van der Waals surface area contributed by atoms with Crippen LogP contribution in [-0.4, -0.2) is 87.4 Å². The van der Waals surface area contributed by atoms with E-state index in [1.54, 1.807) is 0 Å². The topological polar surface area (TPSA) is 52.1 Å². The lowest BCUT2D eigenvalue weighted by molar-refractivity contribution is 0.109. The van der Waals surface area contributed by atoms with E-state index in [-0.39, 0.29) is 0 Å². The predicted molar refractivity (Wildman–Crippen MR) is 107 cm³/mol. The Kier molecular flexibility index (Phi) is 11.9. The molecule has 0 aromatic heterocycles. The second-order valence-electron chi connectivity index (χ2n) is 7.26. The van der Waals surface area contributed by atoms with Crippen LogP contribution in [0.4, 0.5) is 0 Å². The van der Waals surface area contributed by atoms with Crippen molar-refractivity contribution in [1.29, 1.82) is 0 Å². The summed E-state index contributed by atoms with van der Waals surface area (Å²) in [4.78, 5) is 9.82. The zero-order valence-electron chi connectivity index (χ0n) is 17.2. The van der Waals surface area contributed by atoms with E-state index in [0.29, 0.717) is 12.0 Å². The third-order valence-corrected chi connectivity index (χ3v) is 4.71. The summed E-state index contributed by atoms with van der Waals surface area (Å²) in [5, 5.41) is 6.69. The van der Waals surface area contributed by atoms with Crippen molar-refractivity contribution in [3.63, 3.8) is 0 Å². The molecule has 0 bridgehead atoms. The summed E-state index contributed by atoms with van der Waals surface area (Å²) in [6.07, 6.45) is 1.12. The molecule has 148 valence electrons. The molecular weight excluding hydrogens is 314 g/mol. The smallest absolute Gasteiger partial charge is 0.191 e. The minimum absolute atomic E-state index is 0.483. The summed E-state index contributed by atoms with van der Waals surface area (Å²) in [6.45, 7) is 21.0. The Labute approximate surface area is 155 Å². The van der Waals surface area contributed by atoms with Gasteiger partial charge in [0.2, 0.25) is 0 Å². The normalized spacial score (nSPS) is 18.6. The molecule has 2 N–H and O–H groups in total. The van der Waals surface area contributed by atoms with E-state index in [1.807, 2.05) is 0 Å². The quantitative estimate of drug-likeness (QED) is 0.335. The van der Waals surface area contributed by atoms with Gasteiger partial charge in [-0.15, -0.1) is 0 Å². The van der Waals surface area contributed by atoms with Crippen molar-refractivity contribution < 1.29 is 4.74 Å². The maximum Gasteiger partial charge on any atom is 0.191 e. The lowest BCUT2D eigenvalue weighted by Crippen LogP contribution is -2.50. The molecule has 1 rings (SSSR count). The molecule has 1 fully saturated rings. The Balaban J connectivity index is 2.27. The molecule has 1 aliphatic rings. The summed E-state index contributed by atoms with van der Waals surface area (Å²) in [5.74, 6) is 1.60. The minimum Gasteiger partial charge on any atom is -0.380 e. The Morgan fingerprint density at radius 2 is 1.76 bits per heavy atom. The molecule has 6 nitrogen and oxygen atoms in total. The van der Waals surface area contributed by atoms with E-state index in [4.69, 9.17) is 9.73 Å². The van der Waals surface area contributed by atoms with Gasteiger partial charge >= 0.3 is 0 Å².